The van der Waals surface area contributed by atoms with Gasteiger partial charge in [0, 0.05) is 44.3 Å². The van der Waals surface area contributed by atoms with Crippen LogP contribution < -0.4 is 0 Å². The Balaban J connectivity index is 1.25. The third-order valence-corrected chi connectivity index (χ3v) is 8.51. The Morgan fingerprint density at radius 2 is 1.93 bits per heavy atom. The summed E-state index contributed by atoms with van der Waals surface area (Å²) in [7, 11) is -2.87. The van der Waals surface area contributed by atoms with Gasteiger partial charge in [0.15, 0.2) is 15.0 Å². The lowest BCUT2D eigenvalue weighted by Crippen LogP contribution is -2.52. The van der Waals surface area contributed by atoms with Gasteiger partial charge in [0.25, 0.3) is 0 Å². The van der Waals surface area contributed by atoms with E-state index in [0.29, 0.717) is 24.6 Å². The third kappa shape index (κ3) is 5.25. The van der Waals surface area contributed by atoms with Gasteiger partial charge >= 0.3 is 0 Å². The first-order valence-electron chi connectivity index (χ1n) is 10.3. The van der Waals surface area contributed by atoms with Gasteiger partial charge in [0.1, 0.15) is 0 Å². The largest absolute Gasteiger partial charge is 0.339 e. The van der Waals surface area contributed by atoms with E-state index in [2.05, 4.69) is 27.0 Å². The maximum Gasteiger partial charge on any atom is 0.233 e. The van der Waals surface area contributed by atoms with Crippen LogP contribution in [0.15, 0.2) is 35.5 Å². The fourth-order valence-electron chi connectivity index (χ4n) is 4.12. The Kier molecular flexibility index (Phi) is 6.50. The number of piperazine rings is 1. The maximum atomic E-state index is 12.6. The number of carbonyl (C=O) groups excluding carboxylic acids is 1. The summed E-state index contributed by atoms with van der Waals surface area (Å²) in [5.74, 6) is 1.02. The van der Waals surface area contributed by atoms with Gasteiger partial charge in [0.05, 0.1) is 23.0 Å². The van der Waals surface area contributed by atoms with E-state index in [1.165, 1.54) is 17.3 Å². The summed E-state index contributed by atoms with van der Waals surface area (Å²) in [6, 6.07) is 10.4. The highest BCUT2D eigenvalue weighted by atomic mass is 32.2. The average molecular weight is 449 g/mol. The summed E-state index contributed by atoms with van der Waals surface area (Å²) in [6.45, 7) is 4.83. The predicted molar refractivity (Wildman–Crippen MR) is 119 cm³/mol. The number of H-pyrrole nitrogens is 1. The first-order valence-corrected chi connectivity index (χ1v) is 13.1. The van der Waals surface area contributed by atoms with Gasteiger partial charge in [0.2, 0.25) is 5.91 Å². The molecule has 2 saturated heterocycles. The molecule has 162 valence electrons. The van der Waals surface area contributed by atoms with Crippen LogP contribution >= 0.6 is 11.8 Å². The summed E-state index contributed by atoms with van der Waals surface area (Å²) in [5.41, 5.74) is 3.26. The summed E-state index contributed by atoms with van der Waals surface area (Å²) >= 11 is 1.44. The van der Waals surface area contributed by atoms with Crippen molar-refractivity contribution in [3.8, 4) is 0 Å². The second-order valence-electron chi connectivity index (χ2n) is 8.04. The number of thioether (sulfide) groups is 1. The van der Waals surface area contributed by atoms with E-state index in [4.69, 9.17) is 0 Å². The Morgan fingerprint density at radius 1 is 1.20 bits per heavy atom. The SMILES string of the molecule is Cc1[nH]c(SCC(=O)N2CCN([C@H]3CCS(=O)(=O)C3)CC2)nc1Cc1ccccc1. The number of nitrogens with zero attached hydrogens (tertiary/aromatic N) is 3. The van der Waals surface area contributed by atoms with Crippen molar-refractivity contribution in [3.05, 3.63) is 47.3 Å². The molecule has 1 amide bonds. The van der Waals surface area contributed by atoms with Crippen LogP contribution in [0.2, 0.25) is 0 Å². The van der Waals surface area contributed by atoms with Gasteiger partial charge < -0.3 is 9.88 Å². The third-order valence-electron chi connectivity index (χ3n) is 5.90. The standard InChI is InChI=1S/C21H28N4O3S2/c1-16-19(13-17-5-3-2-4-6-17)23-21(22-16)29-14-20(26)25-10-8-24(9-11-25)18-7-12-30(27,28)15-18/h2-6,18H,7-15H2,1H3,(H,22,23)/t18-/m0/s1. The minimum absolute atomic E-state index is 0.109. The molecule has 1 aromatic carbocycles. The molecule has 4 rings (SSSR count). The van der Waals surface area contributed by atoms with Crippen molar-refractivity contribution in [2.45, 2.75) is 31.0 Å². The normalized spacial score (nSPS) is 21.8. The molecule has 2 aliphatic heterocycles. The number of aryl methyl sites for hydroxylation is 1. The van der Waals surface area contributed by atoms with Crippen LogP contribution in [0.25, 0.3) is 0 Å². The van der Waals surface area contributed by atoms with Gasteiger partial charge in [-0.1, -0.05) is 42.1 Å². The molecule has 2 aliphatic rings. The minimum atomic E-state index is -2.87. The van der Waals surface area contributed by atoms with Crippen molar-refractivity contribution >= 4 is 27.5 Å². The highest BCUT2D eigenvalue weighted by Crippen LogP contribution is 2.21. The van der Waals surface area contributed by atoms with E-state index in [1.54, 1.807) is 0 Å². The van der Waals surface area contributed by atoms with Gasteiger partial charge in [-0.2, -0.15) is 0 Å². The van der Waals surface area contributed by atoms with E-state index >= 15 is 0 Å². The molecule has 3 heterocycles. The van der Waals surface area contributed by atoms with Crippen LogP contribution in [0, 0.1) is 6.92 Å². The monoisotopic (exact) mass is 448 g/mol. The number of sulfone groups is 1. The molecule has 0 spiro atoms. The fourth-order valence-corrected chi connectivity index (χ4v) is 6.72. The van der Waals surface area contributed by atoms with Gasteiger partial charge in [-0.25, -0.2) is 13.4 Å². The van der Waals surface area contributed by atoms with Crippen molar-refractivity contribution < 1.29 is 13.2 Å². The average Bonchev–Trinajstić information content (AvgIpc) is 3.28. The molecule has 2 aromatic rings. The van der Waals surface area contributed by atoms with Gasteiger partial charge in [-0.3, -0.25) is 9.69 Å². The summed E-state index contributed by atoms with van der Waals surface area (Å²) in [4.78, 5) is 24.7. The topological polar surface area (TPSA) is 86.4 Å². The lowest BCUT2D eigenvalue weighted by Gasteiger charge is -2.37. The molecular weight excluding hydrogens is 420 g/mol. The molecule has 0 bridgehead atoms. The second-order valence-corrected chi connectivity index (χ2v) is 11.2. The summed E-state index contributed by atoms with van der Waals surface area (Å²) in [5, 5.41) is 0.779. The van der Waals surface area contributed by atoms with E-state index in [1.807, 2.05) is 30.0 Å². The van der Waals surface area contributed by atoms with E-state index < -0.39 is 9.84 Å². The van der Waals surface area contributed by atoms with Crippen molar-refractivity contribution in [3.63, 3.8) is 0 Å². The number of aromatic amines is 1. The Hall–Kier alpha value is -1.84. The number of hydrogen-bond acceptors (Lipinski definition) is 6. The van der Waals surface area contributed by atoms with Crippen LogP contribution in [0.5, 0.6) is 0 Å². The van der Waals surface area contributed by atoms with E-state index in [9.17, 15) is 13.2 Å². The predicted octanol–water partition coefficient (Wildman–Crippen LogP) is 1.73. The Bertz CT molecular complexity index is 983. The zero-order valence-electron chi connectivity index (χ0n) is 17.2. The second kappa shape index (κ2) is 9.11. The highest BCUT2D eigenvalue weighted by Gasteiger charge is 2.34. The molecule has 30 heavy (non-hydrogen) atoms. The molecule has 0 unspecified atom stereocenters. The molecular formula is C21H28N4O3S2. The number of amides is 1. The fraction of sp³-hybridized carbons (Fsp3) is 0.524. The van der Waals surface area contributed by atoms with Crippen LogP contribution in [-0.4, -0.2) is 83.6 Å². The summed E-state index contributed by atoms with van der Waals surface area (Å²) < 4.78 is 23.4. The number of nitrogens with one attached hydrogen (secondary N) is 1. The number of hydrogen-bond donors (Lipinski definition) is 1. The van der Waals surface area contributed by atoms with Gasteiger partial charge in [-0.05, 0) is 18.9 Å². The Morgan fingerprint density at radius 3 is 2.60 bits per heavy atom. The molecule has 1 atom stereocenters. The summed E-state index contributed by atoms with van der Waals surface area (Å²) in [6.07, 6.45) is 1.49. The smallest absolute Gasteiger partial charge is 0.233 e. The number of aromatic nitrogens is 2. The van der Waals surface area contributed by atoms with E-state index in [-0.39, 0.29) is 17.7 Å². The van der Waals surface area contributed by atoms with Crippen LogP contribution in [0.4, 0.5) is 0 Å². The Labute approximate surface area is 182 Å². The van der Waals surface area contributed by atoms with Crippen molar-refractivity contribution in [1.82, 2.24) is 19.8 Å². The van der Waals surface area contributed by atoms with Crippen LogP contribution in [-0.2, 0) is 21.1 Å². The van der Waals surface area contributed by atoms with E-state index in [0.717, 1.165) is 42.5 Å². The van der Waals surface area contributed by atoms with Crippen LogP contribution in [0.1, 0.15) is 23.4 Å². The number of benzene rings is 1. The zero-order valence-corrected chi connectivity index (χ0v) is 18.8. The maximum absolute atomic E-state index is 12.6. The molecule has 1 aromatic heterocycles. The number of rotatable bonds is 6. The van der Waals surface area contributed by atoms with Crippen molar-refractivity contribution in [1.29, 1.82) is 0 Å². The van der Waals surface area contributed by atoms with Gasteiger partial charge in [-0.15, -0.1) is 0 Å². The molecule has 1 N–H and O–H groups in total. The number of carbonyl (C=O) groups is 1. The lowest BCUT2D eigenvalue weighted by molar-refractivity contribution is -0.130. The molecule has 0 saturated carbocycles. The number of imidazole rings is 1. The molecule has 9 heteroatoms. The lowest BCUT2D eigenvalue weighted by atomic mass is 10.1. The minimum Gasteiger partial charge on any atom is -0.339 e. The first kappa shape index (κ1) is 21.4. The molecule has 0 aliphatic carbocycles. The zero-order chi connectivity index (χ0) is 21.1. The first-order chi connectivity index (χ1) is 14.4. The highest BCUT2D eigenvalue weighted by molar-refractivity contribution is 7.99. The van der Waals surface area contributed by atoms with Crippen molar-refractivity contribution in [2.24, 2.45) is 0 Å². The molecule has 7 nitrogen and oxygen atoms in total. The molecule has 0 radical (unpaired) electrons. The van der Waals surface area contributed by atoms with Crippen molar-refractivity contribution in [2.75, 3.05) is 43.4 Å². The van der Waals surface area contributed by atoms with Crippen LogP contribution in [0.3, 0.4) is 0 Å². The molecule has 2 fully saturated rings. The quantitative estimate of drug-likeness (QED) is 0.678.